The van der Waals surface area contributed by atoms with E-state index < -0.39 is 28.5 Å². The van der Waals surface area contributed by atoms with E-state index in [1.165, 1.54) is 22.9 Å². The largest absolute Gasteiger partial charge is 0.352 e. The topological polar surface area (TPSA) is 86.8 Å². The summed E-state index contributed by atoms with van der Waals surface area (Å²) in [4.78, 5) is 29.4. The fourth-order valence-corrected chi connectivity index (χ4v) is 6.82. The van der Waals surface area contributed by atoms with Crippen molar-refractivity contribution in [3.05, 3.63) is 96.1 Å². The number of carbonyl (C=O) groups excluding carboxylic acids is 2. The number of hydrogen-bond acceptors (Lipinski definition) is 4. The summed E-state index contributed by atoms with van der Waals surface area (Å²) in [5.41, 5.74) is 2.03. The highest BCUT2D eigenvalue weighted by molar-refractivity contribution is 7.92. The summed E-state index contributed by atoms with van der Waals surface area (Å²) in [5.74, 6) is -0.621. The number of benzene rings is 3. The predicted molar refractivity (Wildman–Crippen MR) is 158 cm³/mol. The Morgan fingerprint density at radius 3 is 2.10 bits per heavy atom. The van der Waals surface area contributed by atoms with Crippen LogP contribution in [0, 0.1) is 6.92 Å². The number of nitrogens with zero attached hydrogens (tertiary/aromatic N) is 2. The summed E-state index contributed by atoms with van der Waals surface area (Å²) in [7, 11) is -4.07. The van der Waals surface area contributed by atoms with Gasteiger partial charge < -0.3 is 10.2 Å². The van der Waals surface area contributed by atoms with E-state index in [1.54, 1.807) is 35.2 Å². The molecule has 0 aromatic heterocycles. The molecular formula is C32H39N3O4S. The zero-order valence-corrected chi connectivity index (χ0v) is 24.1. The lowest BCUT2D eigenvalue weighted by Crippen LogP contribution is -2.54. The third-order valence-corrected chi connectivity index (χ3v) is 9.30. The lowest BCUT2D eigenvalue weighted by molar-refractivity contribution is -0.140. The zero-order chi connectivity index (χ0) is 28.5. The molecule has 4 rings (SSSR count). The van der Waals surface area contributed by atoms with Gasteiger partial charge in [0.25, 0.3) is 10.0 Å². The maximum Gasteiger partial charge on any atom is 0.264 e. The Bertz CT molecular complexity index is 1370. The van der Waals surface area contributed by atoms with Crippen molar-refractivity contribution >= 4 is 27.5 Å². The van der Waals surface area contributed by atoms with Crippen molar-refractivity contribution < 1.29 is 18.0 Å². The minimum absolute atomic E-state index is 0.0998. The SMILES string of the molecule is CCC(C(=O)NC1CCCCC1)N(Cc1ccccc1)C(=O)CN(c1ccccc1C)S(=O)(=O)c1ccccc1. The Balaban J connectivity index is 1.69. The van der Waals surface area contributed by atoms with E-state index in [1.807, 2.05) is 56.3 Å². The Morgan fingerprint density at radius 2 is 1.48 bits per heavy atom. The fraction of sp³-hybridized carbons (Fsp3) is 0.375. The van der Waals surface area contributed by atoms with Gasteiger partial charge in [-0.1, -0.05) is 92.9 Å². The monoisotopic (exact) mass is 561 g/mol. The molecule has 2 amide bonds. The van der Waals surface area contributed by atoms with Gasteiger partial charge in [-0.25, -0.2) is 8.42 Å². The smallest absolute Gasteiger partial charge is 0.264 e. The molecule has 1 unspecified atom stereocenters. The van der Waals surface area contributed by atoms with E-state index in [9.17, 15) is 18.0 Å². The van der Waals surface area contributed by atoms with Crippen molar-refractivity contribution in [3.63, 3.8) is 0 Å². The molecule has 0 radical (unpaired) electrons. The maximum absolute atomic E-state index is 14.2. The minimum atomic E-state index is -4.07. The average molecular weight is 562 g/mol. The summed E-state index contributed by atoms with van der Waals surface area (Å²) >= 11 is 0. The molecule has 1 saturated carbocycles. The van der Waals surface area contributed by atoms with E-state index in [0.29, 0.717) is 12.1 Å². The molecule has 1 N–H and O–H groups in total. The number of hydrogen-bond donors (Lipinski definition) is 1. The van der Waals surface area contributed by atoms with E-state index in [2.05, 4.69) is 5.32 Å². The first-order valence-electron chi connectivity index (χ1n) is 14.1. The van der Waals surface area contributed by atoms with Gasteiger partial charge in [-0.3, -0.25) is 13.9 Å². The van der Waals surface area contributed by atoms with Crippen molar-refractivity contribution in [1.82, 2.24) is 10.2 Å². The minimum Gasteiger partial charge on any atom is -0.352 e. The molecule has 0 saturated heterocycles. The third-order valence-electron chi connectivity index (χ3n) is 7.53. The van der Waals surface area contributed by atoms with Crippen molar-refractivity contribution in [2.45, 2.75) is 75.9 Å². The quantitative estimate of drug-likeness (QED) is 0.338. The Kier molecular flexibility index (Phi) is 9.98. The van der Waals surface area contributed by atoms with Gasteiger partial charge in [0.15, 0.2) is 0 Å². The molecule has 0 bridgehead atoms. The van der Waals surface area contributed by atoms with Gasteiger partial charge in [0.2, 0.25) is 11.8 Å². The summed E-state index contributed by atoms with van der Waals surface area (Å²) in [6.07, 6.45) is 5.62. The first kappa shape index (κ1) is 29.3. The fourth-order valence-electron chi connectivity index (χ4n) is 5.32. The lowest BCUT2D eigenvalue weighted by Gasteiger charge is -2.34. The van der Waals surface area contributed by atoms with Crippen LogP contribution in [-0.4, -0.2) is 43.8 Å². The Labute approximate surface area is 238 Å². The van der Waals surface area contributed by atoms with E-state index in [-0.39, 0.29) is 23.4 Å². The standard InChI is InChI=1S/C32H39N3O4S/c1-3-29(32(37)33-27-18-9-5-10-19-27)34(23-26-16-7-4-8-17-26)31(36)24-35(30-22-14-13-15-25(30)2)40(38,39)28-20-11-6-12-21-28/h4,6-8,11-17,20-22,27,29H,3,5,9-10,18-19,23-24H2,1-2H3,(H,33,37). The molecule has 3 aromatic carbocycles. The van der Waals surface area contributed by atoms with Crippen LogP contribution in [0.1, 0.15) is 56.6 Å². The number of anilines is 1. The zero-order valence-electron chi connectivity index (χ0n) is 23.3. The average Bonchev–Trinajstić information content (AvgIpc) is 2.97. The van der Waals surface area contributed by atoms with Gasteiger partial charge in [0, 0.05) is 12.6 Å². The highest BCUT2D eigenvalue weighted by atomic mass is 32.2. The highest BCUT2D eigenvalue weighted by Crippen LogP contribution is 2.27. The first-order valence-corrected chi connectivity index (χ1v) is 15.5. The van der Waals surface area contributed by atoms with Crippen molar-refractivity contribution in [3.8, 4) is 0 Å². The van der Waals surface area contributed by atoms with Gasteiger partial charge in [-0.2, -0.15) is 0 Å². The second-order valence-corrected chi connectivity index (χ2v) is 12.2. The normalized spacial score (nSPS) is 14.8. The molecule has 8 heteroatoms. The van der Waals surface area contributed by atoms with E-state index in [0.717, 1.165) is 36.8 Å². The predicted octanol–water partition coefficient (Wildman–Crippen LogP) is 5.45. The molecule has 40 heavy (non-hydrogen) atoms. The van der Waals surface area contributed by atoms with Gasteiger partial charge in [0.1, 0.15) is 12.6 Å². The van der Waals surface area contributed by atoms with Crippen molar-refractivity contribution in [2.24, 2.45) is 0 Å². The second kappa shape index (κ2) is 13.6. The van der Waals surface area contributed by atoms with Gasteiger partial charge >= 0.3 is 0 Å². The molecule has 7 nitrogen and oxygen atoms in total. The number of amides is 2. The summed E-state index contributed by atoms with van der Waals surface area (Å²) in [6, 6.07) is 24.1. The van der Waals surface area contributed by atoms with Crippen molar-refractivity contribution in [2.75, 3.05) is 10.8 Å². The molecule has 1 aliphatic carbocycles. The molecule has 1 aliphatic rings. The molecule has 0 spiro atoms. The van der Waals surface area contributed by atoms with Crippen LogP contribution >= 0.6 is 0 Å². The Morgan fingerprint density at radius 1 is 0.875 bits per heavy atom. The number of nitrogens with one attached hydrogen (secondary N) is 1. The maximum atomic E-state index is 14.2. The van der Waals surface area contributed by atoms with Crippen LogP contribution in [0.25, 0.3) is 0 Å². The Hall–Kier alpha value is -3.65. The van der Waals surface area contributed by atoms with Crippen LogP contribution in [0.3, 0.4) is 0 Å². The molecule has 212 valence electrons. The van der Waals surface area contributed by atoms with Crippen LogP contribution in [0.2, 0.25) is 0 Å². The number of sulfonamides is 1. The van der Waals surface area contributed by atoms with E-state index in [4.69, 9.17) is 0 Å². The van der Waals surface area contributed by atoms with Crippen LogP contribution < -0.4 is 9.62 Å². The molecular weight excluding hydrogens is 522 g/mol. The number of rotatable bonds is 11. The molecule has 1 fully saturated rings. The third kappa shape index (κ3) is 7.10. The molecule has 1 atom stereocenters. The van der Waals surface area contributed by atoms with E-state index >= 15 is 0 Å². The highest BCUT2D eigenvalue weighted by Gasteiger charge is 2.34. The number of carbonyl (C=O) groups is 2. The second-order valence-electron chi connectivity index (χ2n) is 10.4. The summed E-state index contributed by atoms with van der Waals surface area (Å²) in [6.45, 7) is 3.48. The van der Waals surface area contributed by atoms with Crippen molar-refractivity contribution in [1.29, 1.82) is 0 Å². The summed E-state index contributed by atoms with van der Waals surface area (Å²) in [5, 5.41) is 3.18. The first-order chi connectivity index (χ1) is 19.3. The molecule has 0 heterocycles. The summed E-state index contributed by atoms with van der Waals surface area (Å²) < 4.78 is 29.0. The van der Waals surface area contributed by atoms with Crippen LogP contribution in [0.5, 0.6) is 0 Å². The van der Waals surface area contributed by atoms with Gasteiger partial charge in [0.05, 0.1) is 10.6 Å². The number of aryl methyl sites for hydroxylation is 1. The van der Waals surface area contributed by atoms with Gasteiger partial charge in [-0.15, -0.1) is 0 Å². The molecule has 0 aliphatic heterocycles. The van der Waals surface area contributed by atoms with Crippen LogP contribution in [0.15, 0.2) is 89.8 Å². The molecule has 3 aromatic rings. The van der Waals surface area contributed by atoms with Gasteiger partial charge in [-0.05, 0) is 55.5 Å². The number of para-hydroxylation sites is 1. The lowest BCUT2D eigenvalue weighted by atomic mass is 9.95. The van der Waals surface area contributed by atoms with Crippen LogP contribution in [-0.2, 0) is 26.2 Å². The van der Waals surface area contributed by atoms with Crippen LogP contribution in [0.4, 0.5) is 5.69 Å².